The summed E-state index contributed by atoms with van der Waals surface area (Å²) in [4.78, 5) is 24.1. The molecule has 1 aliphatic carbocycles. The zero-order valence-corrected chi connectivity index (χ0v) is 14.8. The Balaban J connectivity index is 1.32. The zero-order valence-electron chi connectivity index (χ0n) is 14.8. The third kappa shape index (κ3) is 4.23. The molecule has 0 unspecified atom stereocenters. The van der Waals surface area contributed by atoms with Crippen LogP contribution in [0, 0.1) is 5.92 Å². The Morgan fingerprint density at radius 1 is 1.04 bits per heavy atom. The van der Waals surface area contributed by atoms with Crippen molar-refractivity contribution in [1.82, 2.24) is 15.1 Å². The monoisotopic (exact) mass is 360 g/mol. The summed E-state index contributed by atoms with van der Waals surface area (Å²) in [5.74, 6) is 0.0931. The topological polar surface area (TPSA) is 76.0 Å². The van der Waals surface area contributed by atoms with E-state index in [1.807, 2.05) is 54.6 Å². The van der Waals surface area contributed by atoms with Crippen LogP contribution < -0.4 is 10.6 Å². The van der Waals surface area contributed by atoms with E-state index in [4.69, 9.17) is 0 Å². The lowest BCUT2D eigenvalue weighted by Gasteiger charge is -2.07. The van der Waals surface area contributed by atoms with Gasteiger partial charge in [-0.3, -0.25) is 9.59 Å². The predicted octanol–water partition coefficient (Wildman–Crippen LogP) is 3.15. The van der Waals surface area contributed by atoms with Crippen molar-refractivity contribution < 1.29 is 9.59 Å². The van der Waals surface area contributed by atoms with Crippen molar-refractivity contribution in [3.05, 3.63) is 78.1 Å². The number of nitrogens with zero attached hydrogens (tertiary/aromatic N) is 2. The van der Waals surface area contributed by atoms with Crippen LogP contribution in [0.4, 0.5) is 5.69 Å². The van der Waals surface area contributed by atoms with Crippen LogP contribution in [0.3, 0.4) is 0 Å². The lowest BCUT2D eigenvalue weighted by Crippen LogP contribution is -2.22. The Kier molecular flexibility index (Phi) is 4.70. The summed E-state index contributed by atoms with van der Waals surface area (Å²) in [5, 5.41) is 10.0. The summed E-state index contributed by atoms with van der Waals surface area (Å²) in [6.45, 7) is 0.409. The van der Waals surface area contributed by atoms with Gasteiger partial charge in [0.15, 0.2) is 0 Å². The fraction of sp³-hybridized carbons (Fsp3) is 0.190. The van der Waals surface area contributed by atoms with Crippen molar-refractivity contribution in [2.45, 2.75) is 19.4 Å². The van der Waals surface area contributed by atoms with Crippen LogP contribution in [0.15, 0.2) is 67.0 Å². The summed E-state index contributed by atoms with van der Waals surface area (Å²) in [6.07, 6.45) is 5.23. The molecule has 0 saturated heterocycles. The van der Waals surface area contributed by atoms with Crippen molar-refractivity contribution in [3.8, 4) is 5.69 Å². The van der Waals surface area contributed by atoms with E-state index in [1.165, 1.54) is 0 Å². The molecular formula is C21H20N4O2. The highest BCUT2D eigenvalue weighted by Crippen LogP contribution is 2.30. The lowest BCUT2D eigenvalue weighted by molar-refractivity contribution is -0.117. The first-order valence-corrected chi connectivity index (χ1v) is 8.97. The molecule has 2 amide bonds. The SMILES string of the molecule is O=C(NCc1ccc(NC(=O)C2CC2)cc1)c1cnn(-c2ccccc2)c1. The number of benzene rings is 2. The normalized spacial score (nSPS) is 13.2. The van der Waals surface area contributed by atoms with E-state index >= 15 is 0 Å². The van der Waals surface area contributed by atoms with Crippen LogP contribution in [0.5, 0.6) is 0 Å². The van der Waals surface area contributed by atoms with Crippen molar-refractivity contribution >= 4 is 17.5 Å². The van der Waals surface area contributed by atoms with Crippen molar-refractivity contribution in [3.63, 3.8) is 0 Å². The average Bonchev–Trinajstić information content (AvgIpc) is 3.44. The minimum absolute atomic E-state index is 0.0893. The second kappa shape index (κ2) is 7.45. The fourth-order valence-corrected chi connectivity index (χ4v) is 2.74. The van der Waals surface area contributed by atoms with Crippen LogP contribution in [-0.4, -0.2) is 21.6 Å². The van der Waals surface area contributed by atoms with Crippen molar-refractivity contribution in [2.75, 3.05) is 5.32 Å². The molecule has 6 heteroatoms. The van der Waals surface area contributed by atoms with E-state index < -0.39 is 0 Å². The number of carbonyl (C=O) groups is 2. The van der Waals surface area contributed by atoms with E-state index in [-0.39, 0.29) is 17.7 Å². The molecule has 0 radical (unpaired) electrons. The molecule has 136 valence electrons. The average molecular weight is 360 g/mol. The molecule has 6 nitrogen and oxygen atoms in total. The van der Waals surface area contributed by atoms with Gasteiger partial charge in [0.25, 0.3) is 5.91 Å². The molecular weight excluding hydrogens is 340 g/mol. The molecule has 3 aromatic rings. The molecule has 2 aromatic carbocycles. The Morgan fingerprint density at radius 3 is 2.48 bits per heavy atom. The molecule has 2 N–H and O–H groups in total. The lowest BCUT2D eigenvalue weighted by atomic mass is 10.2. The molecule has 0 spiro atoms. The number of amides is 2. The minimum atomic E-state index is -0.178. The van der Waals surface area contributed by atoms with Gasteiger partial charge in [0.1, 0.15) is 0 Å². The highest BCUT2D eigenvalue weighted by atomic mass is 16.2. The fourth-order valence-electron chi connectivity index (χ4n) is 2.74. The van der Waals surface area contributed by atoms with Crippen molar-refractivity contribution in [2.24, 2.45) is 5.92 Å². The maximum absolute atomic E-state index is 12.3. The molecule has 1 fully saturated rings. The van der Waals surface area contributed by atoms with E-state index in [9.17, 15) is 9.59 Å². The second-order valence-corrected chi connectivity index (χ2v) is 6.65. The number of para-hydroxylation sites is 1. The maximum atomic E-state index is 12.3. The third-order valence-electron chi connectivity index (χ3n) is 4.49. The standard InChI is InChI=1S/C21H20N4O2/c26-20(17-13-23-25(14-17)19-4-2-1-3-5-19)22-12-15-6-10-18(11-7-15)24-21(27)16-8-9-16/h1-7,10-11,13-14,16H,8-9,12H2,(H,22,26)(H,24,27). The van der Waals surface area contributed by atoms with Crippen LogP contribution in [0.25, 0.3) is 5.69 Å². The molecule has 0 bridgehead atoms. The van der Waals surface area contributed by atoms with Gasteiger partial charge in [-0.05, 0) is 42.7 Å². The van der Waals surface area contributed by atoms with Gasteiger partial charge in [0.05, 0.1) is 17.4 Å². The van der Waals surface area contributed by atoms with Gasteiger partial charge in [-0.1, -0.05) is 30.3 Å². The summed E-state index contributed by atoms with van der Waals surface area (Å²) in [5.41, 5.74) is 3.15. The van der Waals surface area contributed by atoms with Crippen LogP contribution in [0.1, 0.15) is 28.8 Å². The maximum Gasteiger partial charge on any atom is 0.254 e. The number of hydrogen-bond donors (Lipinski definition) is 2. The number of rotatable bonds is 6. The first kappa shape index (κ1) is 17.0. The molecule has 4 rings (SSSR count). The largest absolute Gasteiger partial charge is 0.348 e. The smallest absolute Gasteiger partial charge is 0.254 e. The number of carbonyl (C=O) groups excluding carboxylic acids is 2. The molecule has 0 atom stereocenters. The van der Waals surface area contributed by atoms with Gasteiger partial charge in [0.2, 0.25) is 5.91 Å². The summed E-state index contributed by atoms with van der Waals surface area (Å²) < 4.78 is 1.67. The van der Waals surface area contributed by atoms with E-state index in [0.29, 0.717) is 12.1 Å². The van der Waals surface area contributed by atoms with E-state index in [0.717, 1.165) is 29.8 Å². The Hall–Kier alpha value is -3.41. The zero-order chi connectivity index (χ0) is 18.6. The van der Waals surface area contributed by atoms with Gasteiger partial charge >= 0.3 is 0 Å². The Morgan fingerprint density at radius 2 is 1.78 bits per heavy atom. The number of nitrogens with one attached hydrogen (secondary N) is 2. The number of anilines is 1. The van der Waals surface area contributed by atoms with Gasteiger partial charge < -0.3 is 10.6 Å². The Labute approximate surface area is 157 Å². The summed E-state index contributed by atoms with van der Waals surface area (Å²) in [6, 6.07) is 17.2. The molecule has 1 aliphatic rings. The third-order valence-corrected chi connectivity index (χ3v) is 4.49. The molecule has 1 saturated carbocycles. The number of hydrogen-bond acceptors (Lipinski definition) is 3. The quantitative estimate of drug-likeness (QED) is 0.709. The predicted molar refractivity (Wildman–Crippen MR) is 103 cm³/mol. The van der Waals surface area contributed by atoms with Gasteiger partial charge in [-0.2, -0.15) is 5.10 Å². The van der Waals surface area contributed by atoms with E-state index in [1.54, 1.807) is 17.1 Å². The van der Waals surface area contributed by atoms with Crippen molar-refractivity contribution in [1.29, 1.82) is 0 Å². The van der Waals surface area contributed by atoms with Crippen LogP contribution >= 0.6 is 0 Å². The highest BCUT2D eigenvalue weighted by Gasteiger charge is 2.29. The van der Waals surface area contributed by atoms with Crippen LogP contribution in [0.2, 0.25) is 0 Å². The minimum Gasteiger partial charge on any atom is -0.348 e. The van der Waals surface area contributed by atoms with Gasteiger partial charge in [0, 0.05) is 24.3 Å². The van der Waals surface area contributed by atoms with Gasteiger partial charge in [-0.15, -0.1) is 0 Å². The first-order chi connectivity index (χ1) is 13.2. The number of aromatic nitrogens is 2. The first-order valence-electron chi connectivity index (χ1n) is 8.97. The summed E-state index contributed by atoms with van der Waals surface area (Å²) >= 11 is 0. The summed E-state index contributed by atoms with van der Waals surface area (Å²) in [7, 11) is 0. The second-order valence-electron chi connectivity index (χ2n) is 6.65. The van der Waals surface area contributed by atoms with E-state index in [2.05, 4.69) is 15.7 Å². The van der Waals surface area contributed by atoms with Crippen LogP contribution in [-0.2, 0) is 11.3 Å². The molecule has 1 heterocycles. The van der Waals surface area contributed by atoms with Gasteiger partial charge in [-0.25, -0.2) is 4.68 Å². The molecule has 27 heavy (non-hydrogen) atoms. The molecule has 1 aromatic heterocycles. The molecule has 0 aliphatic heterocycles. The highest BCUT2D eigenvalue weighted by molar-refractivity contribution is 5.94. The Bertz CT molecular complexity index is 944.